The van der Waals surface area contributed by atoms with Crippen LogP contribution in [0.25, 0.3) is 0 Å². The van der Waals surface area contributed by atoms with Crippen molar-refractivity contribution in [3.8, 4) is 0 Å². The SMILES string of the molecule is NS(=O)(=O)c1ccc(CNC(=O)COC(=O)c2ccco2)cc1. The lowest BCUT2D eigenvalue weighted by molar-refractivity contribution is -0.124. The largest absolute Gasteiger partial charge is 0.457 e. The monoisotopic (exact) mass is 338 g/mol. The van der Waals surface area contributed by atoms with Crippen molar-refractivity contribution in [1.82, 2.24) is 5.32 Å². The number of nitrogens with one attached hydrogen (secondary N) is 1. The predicted octanol–water partition coefficient (Wildman–Crippen LogP) is 0.400. The Kier molecular flexibility index (Phi) is 5.14. The van der Waals surface area contributed by atoms with E-state index in [1.54, 1.807) is 0 Å². The van der Waals surface area contributed by atoms with Crippen LogP contribution < -0.4 is 10.5 Å². The first kappa shape index (κ1) is 16.7. The number of carbonyl (C=O) groups is 2. The number of amides is 1. The Morgan fingerprint density at radius 1 is 1.17 bits per heavy atom. The molecule has 0 fully saturated rings. The fourth-order valence-corrected chi connectivity index (χ4v) is 2.16. The molecule has 23 heavy (non-hydrogen) atoms. The predicted molar refractivity (Wildman–Crippen MR) is 78.7 cm³/mol. The molecular weight excluding hydrogens is 324 g/mol. The Balaban J connectivity index is 1.79. The summed E-state index contributed by atoms with van der Waals surface area (Å²) in [6, 6.07) is 8.68. The number of rotatable bonds is 6. The van der Waals surface area contributed by atoms with Crippen molar-refractivity contribution in [2.45, 2.75) is 11.4 Å². The van der Waals surface area contributed by atoms with Gasteiger partial charge in [0.05, 0.1) is 11.2 Å². The summed E-state index contributed by atoms with van der Waals surface area (Å²) < 4.78 is 31.8. The minimum Gasteiger partial charge on any atom is -0.457 e. The van der Waals surface area contributed by atoms with E-state index in [1.807, 2.05) is 0 Å². The van der Waals surface area contributed by atoms with Crippen LogP contribution in [-0.4, -0.2) is 26.9 Å². The third kappa shape index (κ3) is 4.94. The first-order valence-electron chi connectivity index (χ1n) is 6.45. The van der Waals surface area contributed by atoms with E-state index >= 15 is 0 Å². The van der Waals surface area contributed by atoms with Crippen LogP contribution in [0.15, 0.2) is 52.0 Å². The van der Waals surface area contributed by atoms with Gasteiger partial charge in [0.1, 0.15) is 0 Å². The van der Waals surface area contributed by atoms with Crippen LogP contribution in [-0.2, 0) is 26.1 Å². The summed E-state index contributed by atoms with van der Waals surface area (Å²) in [6.07, 6.45) is 1.32. The average molecular weight is 338 g/mol. The molecule has 2 aromatic rings. The standard InChI is InChI=1S/C14H14N2O6S/c15-23(19,20)11-5-3-10(4-6-11)8-16-13(17)9-22-14(18)12-2-1-7-21-12/h1-7H,8-9H2,(H,16,17)(H2,15,19,20). The lowest BCUT2D eigenvalue weighted by atomic mass is 10.2. The number of hydrogen-bond acceptors (Lipinski definition) is 6. The van der Waals surface area contributed by atoms with Crippen LogP contribution in [0.4, 0.5) is 0 Å². The molecule has 1 aromatic carbocycles. The first-order valence-corrected chi connectivity index (χ1v) is 8.00. The number of nitrogens with two attached hydrogens (primary N) is 1. The molecule has 0 unspecified atom stereocenters. The third-order valence-electron chi connectivity index (χ3n) is 2.80. The van der Waals surface area contributed by atoms with E-state index in [4.69, 9.17) is 14.3 Å². The lowest BCUT2D eigenvalue weighted by Gasteiger charge is -2.06. The smallest absolute Gasteiger partial charge is 0.374 e. The average Bonchev–Trinajstić information content (AvgIpc) is 3.04. The van der Waals surface area contributed by atoms with Gasteiger partial charge in [0, 0.05) is 6.54 Å². The number of ether oxygens (including phenoxy) is 1. The van der Waals surface area contributed by atoms with Gasteiger partial charge in [0.2, 0.25) is 15.8 Å². The molecule has 0 spiro atoms. The highest BCUT2D eigenvalue weighted by atomic mass is 32.2. The molecule has 0 saturated carbocycles. The summed E-state index contributed by atoms with van der Waals surface area (Å²) in [4.78, 5) is 23.0. The number of carbonyl (C=O) groups excluding carboxylic acids is 2. The van der Waals surface area contributed by atoms with E-state index in [9.17, 15) is 18.0 Å². The van der Waals surface area contributed by atoms with Gasteiger partial charge in [0.15, 0.2) is 6.61 Å². The van der Waals surface area contributed by atoms with Gasteiger partial charge in [-0.2, -0.15) is 0 Å². The molecule has 1 amide bonds. The number of furan rings is 1. The maximum absolute atomic E-state index is 11.6. The summed E-state index contributed by atoms with van der Waals surface area (Å²) >= 11 is 0. The van der Waals surface area contributed by atoms with E-state index in [-0.39, 0.29) is 17.2 Å². The molecule has 0 bridgehead atoms. The zero-order valence-electron chi connectivity index (χ0n) is 11.9. The number of primary sulfonamides is 1. The Hall–Kier alpha value is -2.65. The molecule has 122 valence electrons. The molecule has 0 aliphatic rings. The minimum atomic E-state index is -3.74. The van der Waals surface area contributed by atoms with Crippen molar-refractivity contribution in [1.29, 1.82) is 0 Å². The van der Waals surface area contributed by atoms with Crippen molar-refractivity contribution >= 4 is 21.9 Å². The van der Waals surface area contributed by atoms with Crippen molar-refractivity contribution in [3.05, 3.63) is 54.0 Å². The fourth-order valence-electron chi connectivity index (χ4n) is 1.65. The molecular formula is C14H14N2O6S. The van der Waals surface area contributed by atoms with E-state index in [2.05, 4.69) is 5.32 Å². The Morgan fingerprint density at radius 3 is 2.43 bits per heavy atom. The van der Waals surface area contributed by atoms with Crippen LogP contribution in [0, 0.1) is 0 Å². The minimum absolute atomic E-state index is 0.0105. The summed E-state index contributed by atoms with van der Waals surface area (Å²) in [7, 11) is -3.74. The first-order chi connectivity index (χ1) is 10.9. The van der Waals surface area contributed by atoms with Gasteiger partial charge in [-0.05, 0) is 29.8 Å². The van der Waals surface area contributed by atoms with Crippen molar-refractivity contribution in [2.24, 2.45) is 5.14 Å². The second-order valence-electron chi connectivity index (χ2n) is 4.52. The Bertz CT molecular complexity index is 781. The van der Waals surface area contributed by atoms with E-state index in [1.165, 1.54) is 42.7 Å². The van der Waals surface area contributed by atoms with E-state index in [0.29, 0.717) is 5.56 Å². The molecule has 0 aliphatic heterocycles. The second kappa shape index (κ2) is 7.07. The summed E-state index contributed by atoms with van der Waals surface area (Å²) in [5.74, 6) is -1.22. The molecule has 0 radical (unpaired) electrons. The number of esters is 1. The molecule has 8 nitrogen and oxygen atoms in total. The van der Waals surface area contributed by atoms with Gasteiger partial charge in [-0.25, -0.2) is 18.4 Å². The van der Waals surface area contributed by atoms with Gasteiger partial charge >= 0.3 is 5.97 Å². The summed E-state index contributed by atoms with van der Waals surface area (Å²) in [5, 5.41) is 7.51. The van der Waals surface area contributed by atoms with Gasteiger partial charge in [-0.3, -0.25) is 4.79 Å². The third-order valence-corrected chi connectivity index (χ3v) is 3.73. The van der Waals surface area contributed by atoms with Gasteiger partial charge in [0.25, 0.3) is 5.91 Å². The molecule has 0 aliphatic carbocycles. The number of benzene rings is 1. The second-order valence-corrected chi connectivity index (χ2v) is 6.08. The van der Waals surface area contributed by atoms with Crippen LogP contribution >= 0.6 is 0 Å². The van der Waals surface area contributed by atoms with Crippen molar-refractivity contribution < 1.29 is 27.2 Å². The zero-order valence-corrected chi connectivity index (χ0v) is 12.7. The molecule has 1 heterocycles. The van der Waals surface area contributed by atoms with Crippen LogP contribution in [0.5, 0.6) is 0 Å². The molecule has 2 rings (SSSR count). The van der Waals surface area contributed by atoms with Crippen molar-refractivity contribution in [3.63, 3.8) is 0 Å². The summed E-state index contributed by atoms with van der Waals surface area (Å²) in [5.41, 5.74) is 0.670. The van der Waals surface area contributed by atoms with Gasteiger partial charge in [-0.1, -0.05) is 12.1 Å². The lowest BCUT2D eigenvalue weighted by Crippen LogP contribution is -2.28. The fraction of sp³-hybridized carbons (Fsp3) is 0.143. The number of hydrogen-bond donors (Lipinski definition) is 2. The molecule has 9 heteroatoms. The van der Waals surface area contributed by atoms with Crippen LogP contribution in [0.2, 0.25) is 0 Å². The Labute approximate surface area is 132 Å². The molecule has 0 saturated heterocycles. The molecule has 3 N–H and O–H groups in total. The highest BCUT2D eigenvalue weighted by Crippen LogP contribution is 2.08. The molecule has 1 aromatic heterocycles. The van der Waals surface area contributed by atoms with Gasteiger partial charge < -0.3 is 14.5 Å². The normalized spacial score (nSPS) is 11.0. The quantitative estimate of drug-likeness (QED) is 0.734. The molecule has 0 atom stereocenters. The summed E-state index contributed by atoms with van der Waals surface area (Å²) in [6.45, 7) is -0.295. The highest BCUT2D eigenvalue weighted by Gasteiger charge is 2.12. The zero-order chi connectivity index (χ0) is 16.9. The van der Waals surface area contributed by atoms with Crippen LogP contribution in [0.1, 0.15) is 16.1 Å². The van der Waals surface area contributed by atoms with E-state index < -0.39 is 28.5 Å². The number of sulfonamides is 1. The maximum Gasteiger partial charge on any atom is 0.374 e. The maximum atomic E-state index is 11.6. The van der Waals surface area contributed by atoms with E-state index in [0.717, 1.165) is 0 Å². The highest BCUT2D eigenvalue weighted by molar-refractivity contribution is 7.89. The van der Waals surface area contributed by atoms with Gasteiger partial charge in [-0.15, -0.1) is 0 Å². The Morgan fingerprint density at radius 2 is 1.87 bits per heavy atom. The topological polar surface area (TPSA) is 129 Å². The van der Waals surface area contributed by atoms with Crippen molar-refractivity contribution in [2.75, 3.05) is 6.61 Å². The van der Waals surface area contributed by atoms with Crippen LogP contribution in [0.3, 0.4) is 0 Å².